The molecule has 0 saturated heterocycles. The van der Waals surface area contributed by atoms with Crippen molar-refractivity contribution in [3.8, 4) is 11.4 Å². The van der Waals surface area contributed by atoms with Gasteiger partial charge in [0.25, 0.3) is 11.8 Å². The van der Waals surface area contributed by atoms with E-state index in [4.69, 9.17) is 23.2 Å². The molecule has 4 aromatic rings. The van der Waals surface area contributed by atoms with E-state index >= 15 is 0 Å². The Morgan fingerprint density at radius 1 is 0.861 bits per heavy atom. The second-order valence-electron chi connectivity index (χ2n) is 9.73. The summed E-state index contributed by atoms with van der Waals surface area (Å²) in [6.07, 6.45) is 4.93. The number of aromatic amines is 1. The van der Waals surface area contributed by atoms with E-state index in [2.05, 4.69) is 20.6 Å². The highest BCUT2D eigenvalue weighted by Gasteiger charge is 2.40. The third-order valence-corrected chi connectivity index (χ3v) is 8.14. The first-order valence-corrected chi connectivity index (χ1v) is 12.9. The standard InChI is InChI=1S/C28H24Cl2N4O2/c29-21-9-7-19(13-22(21)30)28(36)31-20-8-10-23-25(14-20)33-26(32-23)16-3-5-17(6-4-16)27(35)34-24-12-15-1-2-18(24)11-15/h3-10,13-15,18,24H,1-2,11-12H2,(H,31,36)(H,32,33)(H,34,35). The average molecular weight is 519 g/mol. The van der Waals surface area contributed by atoms with Gasteiger partial charge in [-0.05, 0) is 79.6 Å². The molecule has 2 amide bonds. The van der Waals surface area contributed by atoms with Gasteiger partial charge in [0.2, 0.25) is 0 Å². The fraction of sp³-hybridized carbons (Fsp3) is 0.250. The molecule has 3 atom stereocenters. The normalized spacial score (nSPS) is 20.6. The van der Waals surface area contributed by atoms with Crippen molar-refractivity contribution in [2.45, 2.75) is 31.7 Å². The molecule has 1 heterocycles. The second kappa shape index (κ2) is 9.26. The molecule has 36 heavy (non-hydrogen) atoms. The molecule has 6 nitrogen and oxygen atoms in total. The Morgan fingerprint density at radius 3 is 2.39 bits per heavy atom. The molecule has 182 valence electrons. The zero-order valence-corrected chi connectivity index (χ0v) is 20.9. The van der Waals surface area contributed by atoms with E-state index in [1.54, 1.807) is 18.2 Å². The molecule has 3 unspecified atom stereocenters. The fourth-order valence-corrected chi connectivity index (χ4v) is 5.82. The lowest BCUT2D eigenvalue weighted by molar-refractivity contribution is 0.0922. The van der Waals surface area contributed by atoms with E-state index < -0.39 is 0 Å². The predicted molar refractivity (Wildman–Crippen MR) is 143 cm³/mol. The zero-order chi connectivity index (χ0) is 24.8. The van der Waals surface area contributed by atoms with Crippen molar-refractivity contribution in [1.82, 2.24) is 15.3 Å². The van der Waals surface area contributed by atoms with Crippen molar-refractivity contribution in [1.29, 1.82) is 0 Å². The van der Waals surface area contributed by atoms with Crippen LogP contribution in [-0.4, -0.2) is 27.8 Å². The molecule has 0 aliphatic heterocycles. The first-order valence-electron chi connectivity index (χ1n) is 12.1. The Balaban J connectivity index is 1.15. The molecule has 0 radical (unpaired) electrons. The number of imidazole rings is 1. The summed E-state index contributed by atoms with van der Waals surface area (Å²) >= 11 is 12.0. The Bertz CT molecular complexity index is 1480. The second-order valence-corrected chi connectivity index (χ2v) is 10.5. The summed E-state index contributed by atoms with van der Waals surface area (Å²) in [5.74, 6) is 1.84. The topological polar surface area (TPSA) is 86.9 Å². The lowest BCUT2D eigenvalue weighted by atomic mass is 9.95. The van der Waals surface area contributed by atoms with Crippen molar-refractivity contribution in [3.05, 3.63) is 81.8 Å². The van der Waals surface area contributed by atoms with E-state index in [0.717, 1.165) is 28.9 Å². The van der Waals surface area contributed by atoms with Crippen molar-refractivity contribution < 1.29 is 9.59 Å². The van der Waals surface area contributed by atoms with Crippen LogP contribution in [0.4, 0.5) is 5.69 Å². The van der Waals surface area contributed by atoms with Gasteiger partial charge in [-0.2, -0.15) is 0 Å². The van der Waals surface area contributed by atoms with Crippen molar-refractivity contribution in [2.24, 2.45) is 11.8 Å². The monoisotopic (exact) mass is 518 g/mol. The van der Waals surface area contributed by atoms with E-state index in [0.29, 0.717) is 44.6 Å². The number of hydrogen-bond donors (Lipinski definition) is 3. The summed E-state index contributed by atoms with van der Waals surface area (Å²) in [4.78, 5) is 33.3. The van der Waals surface area contributed by atoms with Gasteiger partial charge in [0.1, 0.15) is 5.82 Å². The van der Waals surface area contributed by atoms with Crippen molar-refractivity contribution in [3.63, 3.8) is 0 Å². The Morgan fingerprint density at radius 2 is 1.67 bits per heavy atom. The highest BCUT2D eigenvalue weighted by Crippen LogP contribution is 2.44. The molecular formula is C28H24Cl2N4O2. The summed E-state index contributed by atoms with van der Waals surface area (Å²) in [5, 5.41) is 6.83. The molecule has 3 N–H and O–H groups in total. The maximum atomic E-state index is 12.7. The number of H-pyrrole nitrogens is 1. The van der Waals surface area contributed by atoms with Crippen molar-refractivity contribution in [2.75, 3.05) is 5.32 Å². The van der Waals surface area contributed by atoms with Crippen LogP contribution in [0.3, 0.4) is 0 Å². The summed E-state index contributed by atoms with van der Waals surface area (Å²) in [5.41, 5.74) is 4.14. The van der Waals surface area contributed by atoms with Crippen LogP contribution < -0.4 is 10.6 Å². The Kier molecular flexibility index (Phi) is 5.94. The number of carbonyl (C=O) groups is 2. The summed E-state index contributed by atoms with van der Waals surface area (Å²) in [7, 11) is 0. The van der Waals surface area contributed by atoms with Gasteiger partial charge < -0.3 is 15.6 Å². The lowest BCUT2D eigenvalue weighted by Gasteiger charge is -2.22. The third-order valence-electron chi connectivity index (χ3n) is 7.40. The third kappa shape index (κ3) is 4.47. The predicted octanol–water partition coefficient (Wildman–Crippen LogP) is 6.71. The van der Waals surface area contributed by atoms with Crippen LogP contribution >= 0.6 is 23.2 Å². The van der Waals surface area contributed by atoms with Gasteiger partial charge in [-0.1, -0.05) is 41.8 Å². The lowest BCUT2D eigenvalue weighted by Crippen LogP contribution is -2.38. The summed E-state index contributed by atoms with van der Waals surface area (Å²) in [6, 6.07) is 18.0. The number of aromatic nitrogens is 2. The van der Waals surface area contributed by atoms with Crippen LogP contribution in [0, 0.1) is 11.8 Å². The van der Waals surface area contributed by atoms with Crippen molar-refractivity contribution >= 4 is 51.7 Å². The van der Waals surface area contributed by atoms with Gasteiger partial charge in [0.05, 0.1) is 21.1 Å². The van der Waals surface area contributed by atoms with Crippen LogP contribution in [0.1, 0.15) is 46.4 Å². The van der Waals surface area contributed by atoms with Crippen LogP contribution in [0.5, 0.6) is 0 Å². The summed E-state index contributed by atoms with van der Waals surface area (Å²) < 4.78 is 0. The molecule has 8 heteroatoms. The van der Waals surface area contributed by atoms with E-state index in [9.17, 15) is 9.59 Å². The van der Waals surface area contributed by atoms with Crippen LogP contribution in [-0.2, 0) is 0 Å². The molecule has 2 bridgehead atoms. The number of nitrogens with zero attached hydrogens (tertiary/aromatic N) is 1. The first kappa shape index (κ1) is 23.1. The molecule has 6 rings (SSSR count). The van der Waals surface area contributed by atoms with Gasteiger partial charge in [-0.3, -0.25) is 9.59 Å². The molecule has 2 aliphatic rings. The number of carbonyl (C=O) groups excluding carboxylic acids is 2. The van der Waals surface area contributed by atoms with E-state index in [1.165, 1.54) is 25.3 Å². The smallest absolute Gasteiger partial charge is 0.255 e. The minimum atomic E-state index is -0.285. The van der Waals surface area contributed by atoms with E-state index in [1.807, 2.05) is 36.4 Å². The number of hydrogen-bond acceptors (Lipinski definition) is 3. The summed E-state index contributed by atoms with van der Waals surface area (Å²) in [6.45, 7) is 0. The Hall–Kier alpha value is -3.35. The first-order chi connectivity index (χ1) is 17.4. The number of benzene rings is 3. The SMILES string of the molecule is O=C(Nc1ccc2nc(-c3ccc(C(=O)NC4CC5CCC4C5)cc3)[nH]c2c1)c1ccc(Cl)c(Cl)c1. The minimum absolute atomic E-state index is 0.00827. The van der Waals surface area contributed by atoms with Gasteiger partial charge >= 0.3 is 0 Å². The average Bonchev–Trinajstić information content (AvgIpc) is 3.61. The Labute approximate surface area is 218 Å². The van der Waals surface area contributed by atoms with Gasteiger partial charge in [-0.15, -0.1) is 0 Å². The maximum absolute atomic E-state index is 12.7. The molecule has 2 aliphatic carbocycles. The molecule has 2 saturated carbocycles. The van der Waals surface area contributed by atoms with E-state index in [-0.39, 0.29) is 11.8 Å². The highest BCUT2D eigenvalue weighted by molar-refractivity contribution is 6.42. The molecule has 3 aromatic carbocycles. The van der Waals surface area contributed by atoms with Crippen LogP contribution in [0.2, 0.25) is 10.0 Å². The number of halogens is 2. The minimum Gasteiger partial charge on any atom is -0.349 e. The number of amides is 2. The number of fused-ring (bicyclic) bond motifs is 3. The fourth-order valence-electron chi connectivity index (χ4n) is 5.52. The quantitative estimate of drug-likeness (QED) is 0.274. The van der Waals surface area contributed by atoms with Crippen LogP contribution in [0.25, 0.3) is 22.4 Å². The maximum Gasteiger partial charge on any atom is 0.255 e. The molecular weight excluding hydrogens is 495 g/mol. The number of rotatable bonds is 5. The van der Waals surface area contributed by atoms with Gasteiger partial charge in [0.15, 0.2) is 0 Å². The number of nitrogens with one attached hydrogen (secondary N) is 3. The largest absolute Gasteiger partial charge is 0.349 e. The molecule has 0 spiro atoms. The highest BCUT2D eigenvalue weighted by atomic mass is 35.5. The molecule has 1 aromatic heterocycles. The van der Waals surface area contributed by atoms with Crippen LogP contribution in [0.15, 0.2) is 60.7 Å². The molecule has 2 fully saturated rings. The number of anilines is 1. The zero-order valence-electron chi connectivity index (χ0n) is 19.4. The van der Waals surface area contributed by atoms with Gasteiger partial charge in [-0.25, -0.2) is 4.98 Å². The van der Waals surface area contributed by atoms with Gasteiger partial charge in [0, 0.05) is 28.4 Å².